The molecule has 0 fully saturated rings. The molecular weight excluding hydrogens is 240 g/mol. The summed E-state index contributed by atoms with van der Waals surface area (Å²) < 4.78 is 5.24. The average Bonchev–Trinajstić information content (AvgIpc) is 2.55. The molecule has 0 aromatic carbocycles. The maximum Gasteiger partial charge on any atom is 0.349 e. The van der Waals surface area contributed by atoms with Gasteiger partial charge in [-0.3, -0.25) is 0 Å². The molecule has 0 amide bonds. The van der Waals surface area contributed by atoms with Gasteiger partial charge in [-0.15, -0.1) is 23.1 Å². The molecule has 0 atom stereocenters. The Hall–Kier alpha value is -1.21. The third kappa shape index (κ3) is 2.07. The molecule has 5 nitrogen and oxygen atoms in total. The number of aromatic carboxylic acids is 2. The highest BCUT2D eigenvalue weighted by Crippen LogP contribution is 2.40. The lowest BCUT2D eigenvalue weighted by Crippen LogP contribution is -2.02. The van der Waals surface area contributed by atoms with Crippen molar-refractivity contribution in [1.82, 2.24) is 0 Å². The van der Waals surface area contributed by atoms with Crippen LogP contribution in [0.3, 0.4) is 0 Å². The Kier molecular flexibility index (Phi) is 3.59. The zero-order valence-electron chi connectivity index (χ0n) is 7.94. The molecule has 1 aromatic rings. The Morgan fingerprint density at radius 2 is 1.93 bits per heavy atom. The zero-order valence-corrected chi connectivity index (χ0v) is 9.57. The van der Waals surface area contributed by atoms with Gasteiger partial charge in [-0.2, -0.15) is 0 Å². The first-order chi connectivity index (χ1) is 7.02. The van der Waals surface area contributed by atoms with Gasteiger partial charge in [-0.05, 0) is 6.26 Å². The van der Waals surface area contributed by atoms with Crippen molar-refractivity contribution in [3.05, 3.63) is 10.4 Å². The van der Waals surface area contributed by atoms with E-state index in [1.54, 1.807) is 6.26 Å². The van der Waals surface area contributed by atoms with Crippen molar-refractivity contribution < 1.29 is 24.5 Å². The number of rotatable bonds is 4. The molecule has 0 spiro atoms. The van der Waals surface area contributed by atoms with Gasteiger partial charge in [0.05, 0.1) is 11.3 Å². The SMILES string of the molecule is COc1c(C(=O)O)sc(SC)c1C(=O)O. The van der Waals surface area contributed by atoms with Crippen LogP contribution in [0.25, 0.3) is 0 Å². The molecule has 0 unspecified atom stereocenters. The molecule has 0 saturated carbocycles. The number of hydrogen-bond acceptors (Lipinski definition) is 5. The van der Waals surface area contributed by atoms with Crippen molar-refractivity contribution in [2.45, 2.75) is 4.21 Å². The smallest absolute Gasteiger partial charge is 0.349 e. The topological polar surface area (TPSA) is 83.8 Å². The molecular formula is C8H8O5S2. The highest BCUT2D eigenvalue weighted by molar-refractivity contribution is 8.00. The van der Waals surface area contributed by atoms with Crippen molar-refractivity contribution in [3.8, 4) is 5.75 Å². The zero-order chi connectivity index (χ0) is 11.6. The van der Waals surface area contributed by atoms with Crippen LogP contribution >= 0.6 is 23.1 Å². The van der Waals surface area contributed by atoms with E-state index < -0.39 is 11.9 Å². The van der Waals surface area contributed by atoms with E-state index in [-0.39, 0.29) is 16.2 Å². The fraction of sp³-hybridized carbons (Fsp3) is 0.250. The van der Waals surface area contributed by atoms with Gasteiger partial charge in [0.1, 0.15) is 5.56 Å². The van der Waals surface area contributed by atoms with Crippen LogP contribution in [-0.2, 0) is 0 Å². The van der Waals surface area contributed by atoms with Crippen LogP contribution in [0.2, 0.25) is 0 Å². The molecule has 0 saturated heterocycles. The minimum Gasteiger partial charge on any atom is -0.494 e. The van der Waals surface area contributed by atoms with Crippen molar-refractivity contribution in [2.24, 2.45) is 0 Å². The van der Waals surface area contributed by atoms with Crippen LogP contribution in [0.15, 0.2) is 4.21 Å². The molecule has 0 aliphatic carbocycles. The monoisotopic (exact) mass is 248 g/mol. The van der Waals surface area contributed by atoms with Gasteiger partial charge >= 0.3 is 11.9 Å². The fourth-order valence-electron chi connectivity index (χ4n) is 1.06. The number of ether oxygens (including phenoxy) is 1. The minimum absolute atomic E-state index is 0.0765. The molecule has 82 valence electrons. The predicted octanol–water partition coefficient (Wildman–Crippen LogP) is 1.88. The first-order valence-electron chi connectivity index (χ1n) is 3.74. The van der Waals surface area contributed by atoms with Gasteiger partial charge in [-0.25, -0.2) is 9.59 Å². The van der Waals surface area contributed by atoms with Gasteiger partial charge < -0.3 is 14.9 Å². The standard InChI is InChI=1S/C8H8O5S2/c1-13-4-3(6(9)10)8(14-2)15-5(4)7(11)12/h1-2H3,(H,9,10)(H,11,12). The maximum absolute atomic E-state index is 10.9. The van der Waals surface area contributed by atoms with Crippen LogP contribution in [0.1, 0.15) is 20.0 Å². The van der Waals surface area contributed by atoms with Crippen molar-refractivity contribution in [3.63, 3.8) is 0 Å². The van der Waals surface area contributed by atoms with Crippen LogP contribution in [-0.4, -0.2) is 35.5 Å². The Morgan fingerprint density at radius 1 is 1.33 bits per heavy atom. The summed E-state index contributed by atoms with van der Waals surface area (Å²) in [7, 11) is 1.25. The highest BCUT2D eigenvalue weighted by Gasteiger charge is 2.27. The quantitative estimate of drug-likeness (QED) is 0.791. The highest BCUT2D eigenvalue weighted by atomic mass is 32.2. The average molecular weight is 248 g/mol. The van der Waals surface area contributed by atoms with E-state index in [9.17, 15) is 9.59 Å². The van der Waals surface area contributed by atoms with Crippen LogP contribution in [0.4, 0.5) is 0 Å². The lowest BCUT2D eigenvalue weighted by Gasteiger charge is -2.00. The third-order valence-corrected chi connectivity index (χ3v) is 3.91. The lowest BCUT2D eigenvalue weighted by molar-refractivity contribution is 0.0690. The van der Waals surface area contributed by atoms with Crippen molar-refractivity contribution >= 4 is 35.0 Å². The Labute approximate surface area is 93.7 Å². The van der Waals surface area contributed by atoms with E-state index in [1.165, 1.54) is 18.9 Å². The second kappa shape index (κ2) is 4.54. The van der Waals surface area contributed by atoms with E-state index in [4.69, 9.17) is 14.9 Å². The molecule has 0 aliphatic heterocycles. The van der Waals surface area contributed by atoms with Crippen molar-refractivity contribution in [2.75, 3.05) is 13.4 Å². The van der Waals surface area contributed by atoms with E-state index in [2.05, 4.69) is 0 Å². The summed E-state index contributed by atoms with van der Waals surface area (Å²) in [6, 6.07) is 0. The Bertz CT molecular complexity index is 409. The van der Waals surface area contributed by atoms with E-state index in [0.29, 0.717) is 4.21 Å². The number of thiophene rings is 1. The summed E-state index contributed by atoms with van der Waals surface area (Å²) >= 11 is 2.09. The van der Waals surface area contributed by atoms with Gasteiger partial charge in [0.2, 0.25) is 0 Å². The summed E-state index contributed by atoms with van der Waals surface area (Å²) in [5, 5.41) is 17.8. The van der Waals surface area contributed by atoms with Crippen molar-refractivity contribution in [1.29, 1.82) is 0 Å². The van der Waals surface area contributed by atoms with Crippen LogP contribution < -0.4 is 4.74 Å². The first-order valence-corrected chi connectivity index (χ1v) is 5.78. The molecule has 15 heavy (non-hydrogen) atoms. The van der Waals surface area contributed by atoms with E-state index in [1.807, 2.05) is 0 Å². The molecule has 1 heterocycles. The lowest BCUT2D eigenvalue weighted by atomic mass is 10.3. The van der Waals surface area contributed by atoms with Gasteiger partial charge in [0.15, 0.2) is 10.6 Å². The van der Waals surface area contributed by atoms with Crippen LogP contribution in [0, 0.1) is 0 Å². The fourth-order valence-corrected chi connectivity index (χ4v) is 2.86. The second-order valence-electron chi connectivity index (χ2n) is 2.44. The number of carbonyl (C=O) groups is 2. The number of thioether (sulfide) groups is 1. The molecule has 7 heteroatoms. The maximum atomic E-state index is 10.9. The number of carboxylic acid groups (broad SMARTS) is 2. The van der Waals surface area contributed by atoms with Gasteiger partial charge in [-0.1, -0.05) is 0 Å². The van der Waals surface area contributed by atoms with E-state index in [0.717, 1.165) is 11.3 Å². The largest absolute Gasteiger partial charge is 0.494 e. The summed E-state index contributed by atoms with van der Waals surface area (Å²) in [5.41, 5.74) is -0.0765. The Balaban J connectivity index is 3.45. The molecule has 1 rings (SSSR count). The summed E-state index contributed by atoms with van der Waals surface area (Å²) in [5.74, 6) is -2.44. The third-order valence-electron chi connectivity index (χ3n) is 1.63. The normalized spacial score (nSPS) is 10.0. The first kappa shape index (κ1) is 11.9. The molecule has 0 aliphatic rings. The summed E-state index contributed by atoms with van der Waals surface area (Å²) in [4.78, 5) is 21.6. The summed E-state index contributed by atoms with van der Waals surface area (Å²) in [6.07, 6.45) is 1.68. The number of methoxy groups -OCH3 is 1. The summed E-state index contributed by atoms with van der Waals surface area (Å²) in [6.45, 7) is 0. The van der Waals surface area contributed by atoms with E-state index >= 15 is 0 Å². The minimum atomic E-state index is -1.18. The number of hydrogen-bond donors (Lipinski definition) is 2. The van der Waals surface area contributed by atoms with Gasteiger partial charge in [0.25, 0.3) is 0 Å². The second-order valence-corrected chi connectivity index (χ2v) is 4.54. The molecule has 1 aromatic heterocycles. The molecule has 0 bridgehead atoms. The molecule has 0 radical (unpaired) electrons. The Morgan fingerprint density at radius 3 is 2.27 bits per heavy atom. The van der Waals surface area contributed by atoms with Crippen LogP contribution in [0.5, 0.6) is 5.75 Å². The molecule has 2 N–H and O–H groups in total. The van der Waals surface area contributed by atoms with Gasteiger partial charge in [0, 0.05) is 0 Å². The predicted molar refractivity (Wildman–Crippen MR) is 56.6 cm³/mol. The number of carboxylic acids is 2.